The topological polar surface area (TPSA) is 69.7 Å². The van der Waals surface area contributed by atoms with Crippen LogP contribution in [0.1, 0.15) is 20.8 Å². The zero-order valence-electron chi connectivity index (χ0n) is 11.5. The van der Waals surface area contributed by atoms with Gasteiger partial charge in [0, 0.05) is 0 Å². The molecule has 1 rings (SSSR count). The van der Waals surface area contributed by atoms with Gasteiger partial charge < -0.3 is 9.47 Å². The molecule has 0 unspecified atom stereocenters. The molecule has 0 fully saturated rings. The fraction of sp³-hybridized carbons (Fsp3) is 0.462. The molecule has 0 aliphatic rings. The molecule has 0 aliphatic heterocycles. The molecule has 0 atom stereocenters. The third-order valence-corrected chi connectivity index (χ3v) is 5.21. The van der Waals surface area contributed by atoms with Gasteiger partial charge in [0.1, 0.15) is 5.75 Å². The molecule has 0 aliphatic carbocycles. The fourth-order valence-corrected chi connectivity index (χ4v) is 2.83. The molecular weight excluding hydrogens is 268 g/mol. The van der Waals surface area contributed by atoms with Crippen LogP contribution in [-0.2, 0) is 19.4 Å². The van der Waals surface area contributed by atoms with E-state index in [1.54, 1.807) is 6.92 Å². The van der Waals surface area contributed by atoms with Gasteiger partial charge in [-0.3, -0.25) is 4.79 Å². The van der Waals surface area contributed by atoms with Crippen LogP contribution in [0.5, 0.6) is 5.75 Å². The van der Waals surface area contributed by atoms with E-state index in [1.165, 1.54) is 45.2 Å². The Morgan fingerprint density at radius 1 is 1.21 bits per heavy atom. The van der Waals surface area contributed by atoms with E-state index in [-0.39, 0.29) is 11.5 Å². The van der Waals surface area contributed by atoms with Crippen molar-refractivity contribution in [3.8, 4) is 5.75 Å². The first-order chi connectivity index (χ1) is 8.77. The number of ether oxygens (including phenoxy) is 2. The average molecular weight is 286 g/mol. The lowest BCUT2D eigenvalue weighted by Crippen LogP contribution is -2.42. The zero-order chi connectivity index (χ0) is 14.7. The van der Waals surface area contributed by atoms with Gasteiger partial charge in [-0.15, -0.1) is 0 Å². The zero-order valence-corrected chi connectivity index (χ0v) is 12.3. The van der Waals surface area contributed by atoms with Crippen molar-refractivity contribution in [2.24, 2.45) is 0 Å². The summed E-state index contributed by atoms with van der Waals surface area (Å²) >= 11 is 0. The van der Waals surface area contributed by atoms with Crippen LogP contribution >= 0.6 is 0 Å². The molecule has 0 spiro atoms. The summed E-state index contributed by atoms with van der Waals surface area (Å²) in [5.41, 5.74) is 0. The molecule has 1 aromatic rings. The van der Waals surface area contributed by atoms with Crippen LogP contribution < -0.4 is 4.74 Å². The highest BCUT2D eigenvalue weighted by molar-refractivity contribution is 7.93. The van der Waals surface area contributed by atoms with E-state index in [1.807, 2.05) is 0 Å². The molecule has 0 amide bonds. The van der Waals surface area contributed by atoms with E-state index >= 15 is 0 Å². The third kappa shape index (κ3) is 2.89. The molecule has 19 heavy (non-hydrogen) atoms. The number of hydrogen-bond acceptors (Lipinski definition) is 5. The molecule has 0 saturated carbocycles. The van der Waals surface area contributed by atoms with Gasteiger partial charge in [-0.1, -0.05) is 0 Å². The van der Waals surface area contributed by atoms with Crippen molar-refractivity contribution in [3.63, 3.8) is 0 Å². The number of esters is 1. The molecule has 6 heteroatoms. The molecule has 0 saturated heterocycles. The maximum absolute atomic E-state index is 12.4. The Morgan fingerprint density at radius 3 is 2.16 bits per heavy atom. The monoisotopic (exact) mass is 286 g/mol. The van der Waals surface area contributed by atoms with Crippen molar-refractivity contribution in [3.05, 3.63) is 24.3 Å². The lowest BCUT2D eigenvalue weighted by atomic mass is 10.2. The minimum Gasteiger partial charge on any atom is -0.497 e. The summed E-state index contributed by atoms with van der Waals surface area (Å²) in [6.45, 7) is 4.45. The fourth-order valence-electron chi connectivity index (χ4n) is 1.46. The lowest BCUT2D eigenvalue weighted by Gasteiger charge is -2.22. The van der Waals surface area contributed by atoms with E-state index in [4.69, 9.17) is 9.47 Å². The highest BCUT2D eigenvalue weighted by Crippen LogP contribution is 2.28. The van der Waals surface area contributed by atoms with Gasteiger partial charge in [-0.2, -0.15) is 0 Å². The molecule has 106 valence electrons. The number of carbonyl (C=O) groups is 1. The van der Waals surface area contributed by atoms with Crippen molar-refractivity contribution in [2.75, 3.05) is 13.7 Å². The summed E-state index contributed by atoms with van der Waals surface area (Å²) in [4.78, 5) is 11.8. The van der Waals surface area contributed by atoms with E-state index in [9.17, 15) is 13.2 Å². The number of hydrogen-bond donors (Lipinski definition) is 0. The Labute approximate surface area is 113 Å². The van der Waals surface area contributed by atoms with E-state index in [2.05, 4.69) is 0 Å². The summed E-state index contributed by atoms with van der Waals surface area (Å²) < 4.78 is 33.0. The van der Waals surface area contributed by atoms with Crippen LogP contribution in [0.2, 0.25) is 0 Å². The van der Waals surface area contributed by atoms with Gasteiger partial charge in [0.25, 0.3) is 0 Å². The van der Waals surface area contributed by atoms with Gasteiger partial charge in [0.2, 0.25) is 0 Å². The Kier molecular flexibility index (Phi) is 4.57. The number of sulfone groups is 1. The van der Waals surface area contributed by atoms with Crippen LogP contribution in [-0.4, -0.2) is 32.9 Å². The smallest absolute Gasteiger partial charge is 0.327 e. The molecule has 0 heterocycles. The summed E-state index contributed by atoms with van der Waals surface area (Å²) in [5.74, 6) is -0.210. The van der Waals surface area contributed by atoms with Crippen LogP contribution in [0.4, 0.5) is 0 Å². The summed E-state index contributed by atoms with van der Waals surface area (Å²) in [7, 11) is -2.32. The molecule has 0 bridgehead atoms. The van der Waals surface area contributed by atoms with Crippen LogP contribution in [0.3, 0.4) is 0 Å². The number of benzene rings is 1. The SMILES string of the molecule is CCOC(=O)C(C)(C)S(=O)(=O)c1ccc(OC)cc1. The highest BCUT2D eigenvalue weighted by atomic mass is 32.2. The number of rotatable bonds is 5. The molecule has 0 radical (unpaired) electrons. The second-order valence-corrected chi connectivity index (χ2v) is 6.91. The third-order valence-electron chi connectivity index (χ3n) is 2.81. The first-order valence-corrected chi connectivity index (χ1v) is 7.31. The Morgan fingerprint density at radius 2 is 1.74 bits per heavy atom. The highest BCUT2D eigenvalue weighted by Gasteiger charge is 2.44. The second kappa shape index (κ2) is 5.61. The van der Waals surface area contributed by atoms with Crippen molar-refractivity contribution in [2.45, 2.75) is 30.4 Å². The quantitative estimate of drug-likeness (QED) is 0.772. The lowest BCUT2D eigenvalue weighted by molar-refractivity contribution is -0.145. The van der Waals surface area contributed by atoms with Crippen molar-refractivity contribution >= 4 is 15.8 Å². The molecule has 0 aromatic heterocycles. The normalized spacial score (nSPS) is 12.0. The predicted octanol–water partition coefficient (Wildman–Crippen LogP) is 1.81. The van der Waals surface area contributed by atoms with E-state index in [0.29, 0.717) is 5.75 Å². The Bertz CT molecular complexity index is 543. The van der Waals surface area contributed by atoms with Gasteiger partial charge in [-0.25, -0.2) is 8.42 Å². The summed E-state index contributed by atoms with van der Waals surface area (Å²) in [6.07, 6.45) is 0. The Balaban J connectivity index is 3.18. The van der Waals surface area contributed by atoms with Gasteiger partial charge >= 0.3 is 5.97 Å². The van der Waals surface area contributed by atoms with Crippen molar-refractivity contribution < 1.29 is 22.7 Å². The number of carbonyl (C=O) groups excluding carboxylic acids is 1. The minimum atomic E-state index is -3.82. The Hall–Kier alpha value is -1.56. The largest absolute Gasteiger partial charge is 0.497 e. The first-order valence-electron chi connectivity index (χ1n) is 5.83. The van der Waals surface area contributed by atoms with Crippen LogP contribution in [0.15, 0.2) is 29.2 Å². The molecule has 0 N–H and O–H groups in total. The molecule has 5 nitrogen and oxygen atoms in total. The second-order valence-electron chi connectivity index (χ2n) is 4.41. The van der Waals surface area contributed by atoms with Crippen molar-refractivity contribution in [1.29, 1.82) is 0 Å². The summed E-state index contributed by atoms with van der Waals surface area (Å²) in [5, 5.41) is 0. The van der Waals surface area contributed by atoms with E-state index < -0.39 is 20.6 Å². The maximum atomic E-state index is 12.4. The average Bonchev–Trinajstić information content (AvgIpc) is 2.38. The van der Waals surface area contributed by atoms with Crippen LogP contribution in [0, 0.1) is 0 Å². The van der Waals surface area contributed by atoms with Crippen molar-refractivity contribution in [1.82, 2.24) is 0 Å². The van der Waals surface area contributed by atoms with E-state index in [0.717, 1.165) is 0 Å². The van der Waals surface area contributed by atoms with Gasteiger partial charge in [0.05, 0.1) is 18.6 Å². The molecule has 1 aromatic carbocycles. The first kappa shape index (κ1) is 15.5. The van der Waals surface area contributed by atoms with Gasteiger partial charge in [0.15, 0.2) is 14.6 Å². The maximum Gasteiger partial charge on any atom is 0.327 e. The number of methoxy groups -OCH3 is 1. The summed E-state index contributed by atoms with van der Waals surface area (Å²) in [6, 6.07) is 5.90. The standard InChI is InChI=1S/C13H18O5S/c1-5-18-12(14)13(2,3)19(15,16)11-8-6-10(17-4)7-9-11/h6-9H,5H2,1-4H3. The van der Waals surface area contributed by atoms with Gasteiger partial charge in [-0.05, 0) is 45.0 Å². The van der Waals surface area contributed by atoms with Crippen LogP contribution in [0.25, 0.3) is 0 Å². The minimum absolute atomic E-state index is 0.0614. The molecular formula is C13H18O5S. The predicted molar refractivity (Wildman–Crippen MR) is 70.9 cm³/mol.